The summed E-state index contributed by atoms with van der Waals surface area (Å²) in [5.74, 6) is -0.514. The number of carbonyl (C=O) groups is 2. The zero-order chi connectivity index (χ0) is 21.0. The molecule has 0 saturated heterocycles. The third-order valence-corrected chi connectivity index (χ3v) is 4.83. The lowest BCUT2D eigenvalue weighted by Gasteiger charge is -2.18. The summed E-state index contributed by atoms with van der Waals surface area (Å²) in [6, 6.07) is 14.7. The molecule has 3 aromatic rings. The van der Waals surface area contributed by atoms with Crippen LogP contribution in [0.3, 0.4) is 0 Å². The maximum absolute atomic E-state index is 12.7. The molecule has 0 saturated carbocycles. The lowest BCUT2D eigenvalue weighted by Crippen LogP contribution is -2.36. The van der Waals surface area contributed by atoms with Gasteiger partial charge >= 0.3 is 0 Å². The monoisotopic (exact) mass is 392 g/mol. The predicted octanol–water partition coefficient (Wildman–Crippen LogP) is 2.14. The van der Waals surface area contributed by atoms with E-state index in [1.54, 1.807) is 38.4 Å². The second-order valence-corrected chi connectivity index (χ2v) is 6.91. The maximum atomic E-state index is 12.7. The molecule has 0 atom stereocenters. The Morgan fingerprint density at radius 3 is 2.45 bits per heavy atom. The van der Waals surface area contributed by atoms with Crippen LogP contribution in [0.1, 0.15) is 18.2 Å². The van der Waals surface area contributed by atoms with Crippen LogP contribution >= 0.6 is 0 Å². The van der Waals surface area contributed by atoms with Crippen molar-refractivity contribution < 1.29 is 9.59 Å². The molecule has 0 radical (unpaired) electrons. The van der Waals surface area contributed by atoms with Gasteiger partial charge < -0.3 is 10.2 Å². The van der Waals surface area contributed by atoms with Gasteiger partial charge in [-0.15, -0.1) is 0 Å². The molecule has 1 aromatic heterocycles. The lowest BCUT2D eigenvalue weighted by atomic mass is 10.1. The number of nitrogens with zero attached hydrogens (tertiary/aromatic N) is 3. The minimum absolute atomic E-state index is 0.00393. The van der Waals surface area contributed by atoms with Gasteiger partial charge in [0.25, 0.3) is 5.56 Å². The van der Waals surface area contributed by atoms with Crippen LogP contribution in [-0.2, 0) is 29.5 Å². The average molecular weight is 392 g/mol. The number of carbonyl (C=O) groups excluding carboxylic acids is 2. The van der Waals surface area contributed by atoms with E-state index in [0.29, 0.717) is 16.5 Å². The first-order chi connectivity index (χ1) is 13.9. The van der Waals surface area contributed by atoms with Gasteiger partial charge in [-0.25, -0.2) is 4.68 Å². The van der Waals surface area contributed by atoms with Crippen molar-refractivity contribution in [3.05, 3.63) is 70.1 Å². The van der Waals surface area contributed by atoms with E-state index < -0.39 is 0 Å². The Balaban J connectivity index is 1.71. The molecule has 0 aliphatic heterocycles. The van der Waals surface area contributed by atoms with E-state index in [-0.39, 0.29) is 30.3 Å². The molecule has 1 N–H and O–H groups in total. The summed E-state index contributed by atoms with van der Waals surface area (Å²) in [5.41, 5.74) is 2.10. The van der Waals surface area contributed by atoms with Gasteiger partial charge in [0.2, 0.25) is 11.8 Å². The first-order valence-electron chi connectivity index (χ1n) is 9.47. The van der Waals surface area contributed by atoms with Gasteiger partial charge in [-0.2, -0.15) is 5.10 Å². The number of benzene rings is 2. The third kappa shape index (κ3) is 4.51. The number of fused-ring (bicyclic) bond motifs is 1. The topological polar surface area (TPSA) is 84.3 Å². The van der Waals surface area contributed by atoms with Crippen molar-refractivity contribution in [1.82, 2.24) is 14.7 Å². The first-order valence-corrected chi connectivity index (χ1v) is 9.47. The summed E-state index contributed by atoms with van der Waals surface area (Å²) in [4.78, 5) is 38.7. The molecule has 0 bridgehead atoms. The van der Waals surface area contributed by atoms with Crippen LogP contribution in [0.5, 0.6) is 0 Å². The van der Waals surface area contributed by atoms with Gasteiger partial charge in [0.1, 0.15) is 0 Å². The van der Waals surface area contributed by atoms with Crippen LogP contribution in [0, 0.1) is 0 Å². The predicted molar refractivity (Wildman–Crippen MR) is 113 cm³/mol. The molecule has 29 heavy (non-hydrogen) atoms. The van der Waals surface area contributed by atoms with Crippen LogP contribution in [0.15, 0.2) is 53.3 Å². The number of nitrogens with one attached hydrogen (secondary N) is 1. The second kappa shape index (κ2) is 8.68. The Bertz CT molecular complexity index is 1120. The van der Waals surface area contributed by atoms with Gasteiger partial charge in [0.15, 0.2) is 0 Å². The van der Waals surface area contributed by atoms with Crippen LogP contribution in [-0.4, -0.2) is 40.1 Å². The highest BCUT2D eigenvalue weighted by Crippen LogP contribution is 2.16. The molecular weight excluding hydrogens is 368 g/mol. The number of amides is 2. The fourth-order valence-electron chi connectivity index (χ4n) is 3.23. The molecule has 0 aliphatic rings. The number of likely N-dealkylation sites (N-methyl/N-ethyl adjacent to an activating group) is 1. The van der Waals surface area contributed by atoms with Crippen molar-refractivity contribution in [3.63, 3.8) is 0 Å². The summed E-state index contributed by atoms with van der Waals surface area (Å²) in [6.45, 7) is 1.95. The van der Waals surface area contributed by atoms with E-state index in [1.165, 1.54) is 9.58 Å². The largest absolute Gasteiger partial charge is 0.336 e. The molecular formula is C22H24N4O3. The van der Waals surface area contributed by atoms with E-state index in [0.717, 1.165) is 17.7 Å². The molecule has 7 heteroatoms. The highest BCUT2D eigenvalue weighted by atomic mass is 16.2. The number of anilines is 1. The number of aromatic nitrogens is 2. The number of aryl methyl sites for hydroxylation is 2. The Kier molecular flexibility index (Phi) is 6.07. The highest BCUT2D eigenvalue weighted by molar-refractivity contribution is 5.96. The molecule has 0 unspecified atom stereocenters. The Hall–Kier alpha value is -3.48. The number of para-hydroxylation sites is 1. The van der Waals surface area contributed by atoms with E-state index in [1.807, 2.05) is 31.2 Å². The minimum Gasteiger partial charge on any atom is -0.336 e. The molecule has 2 aromatic carbocycles. The molecule has 3 rings (SSSR count). The number of hydrogen-bond donors (Lipinski definition) is 1. The zero-order valence-corrected chi connectivity index (χ0v) is 16.8. The van der Waals surface area contributed by atoms with Crippen LogP contribution in [0.25, 0.3) is 10.8 Å². The van der Waals surface area contributed by atoms with E-state index in [2.05, 4.69) is 10.4 Å². The van der Waals surface area contributed by atoms with Gasteiger partial charge in [-0.3, -0.25) is 14.4 Å². The Labute approximate surface area is 169 Å². The molecule has 7 nitrogen and oxygen atoms in total. The van der Waals surface area contributed by atoms with Crippen LogP contribution < -0.4 is 10.9 Å². The average Bonchev–Trinajstić information content (AvgIpc) is 2.72. The Morgan fingerprint density at radius 1 is 1.07 bits per heavy atom. The molecule has 0 aliphatic carbocycles. The summed E-state index contributed by atoms with van der Waals surface area (Å²) < 4.78 is 1.24. The SMILES string of the molecule is CCc1ccccc1NC(=O)CN(C)C(=O)Cc1nn(C)c(=O)c2ccccc12. The normalized spacial score (nSPS) is 10.7. The van der Waals surface area contributed by atoms with Crippen LogP contribution in [0.2, 0.25) is 0 Å². The van der Waals surface area contributed by atoms with Gasteiger partial charge in [-0.05, 0) is 24.1 Å². The van der Waals surface area contributed by atoms with E-state index in [4.69, 9.17) is 0 Å². The van der Waals surface area contributed by atoms with Crippen molar-refractivity contribution in [2.75, 3.05) is 18.9 Å². The van der Waals surface area contributed by atoms with E-state index >= 15 is 0 Å². The smallest absolute Gasteiger partial charge is 0.274 e. The summed E-state index contributed by atoms with van der Waals surface area (Å²) >= 11 is 0. The Morgan fingerprint density at radius 2 is 1.72 bits per heavy atom. The summed E-state index contributed by atoms with van der Waals surface area (Å²) in [6.07, 6.45) is 0.806. The molecule has 150 valence electrons. The molecule has 1 heterocycles. The van der Waals surface area contributed by atoms with Gasteiger partial charge in [-0.1, -0.05) is 43.3 Å². The molecule has 0 fully saturated rings. The maximum Gasteiger partial charge on any atom is 0.274 e. The summed E-state index contributed by atoms with van der Waals surface area (Å²) in [7, 11) is 3.14. The first kappa shape index (κ1) is 20.3. The fraction of sp³-hybridized carbons (Fsp3) is 0.273. The van der Waals surface area contributed by atoms with Crippen molar-refractivity contribution in [2.24, 2.45) is 7.05 Å². The van der Waals surface area contributed by atoms with Crippen LogP contribution in [0.4, 0.5) is 5.69 Å². The third-order valence-electron chi connectivity index (χ3n) is 4.83. The standard InChI is InChI=1S/C22H24N4O3/c1-4-15-9-5-8-12-18(15)23-20(27)14-25(2)21(28)13-19-16-10-6-7-11-17(16)22(29)26(3)24-19/h5-12H,4,13-14H2,1-3H3,(H,23,27). The van der Waals surface area contributed by atoms with Crippen molar-refractivity contribution in [1.29, 1.82) is 0 Å². The molecule has 2 amide bonds. The van der Waals surface area contributed by atoms with Crippen molar-refractivity contribution >= 4 is 28.3 Å². The van der Waals surface area contributed by atoms with Crippen molar-refractivity contribution in [3.8, 4) is 0 Å². The zero-order valence-electron chi connectivity index (χ0n) is 16.8. The van der Waals surface area contributed by atoms with Crippen molar-refractivity contribution in [2.45, 2.75) is 19.8 Å². The second-order valence-electron chi connectivity index (χ2n) is 6.91. The van der Waals surface area contributed by atoms with E-state index in [9.17, 15) is 14.4 Å². The fourth-order valence-corrected chi connectivity index (χ4v) is 3.23. The summed E-state index contributed by atoms with van der Waals surface area (Å²) in [5, 5.41) is 8.28. The minimum atomic E-state index is -0.264. The number of rotatable bonds is 6. The van der Waals surface area contributed by atoms with Gasteiger partial charge in [0, 0.05) is 25.2 Å². The number of hydrogen-bond acceptors (Lipinski definition) is 4. The molecule has 0 spiro atoms. The quantitative estimate of drug-likeness (QED) is 0.697. The van der Waals surface area contributed by atoms with Gasteiger partial charge in [0.05, 0.1) is 24.0 Å². The lowest BCUT2D eigenvalue weighted by molar-refractivity contribution is -0.132. The highest BCUT2D eigenvalue weighted by Gasteiger charge is 2.17.